The van der Waals surface area contributed by atoms with Crippen molar-refractivity contribution in [3.63, 3.8) is 0 Å². The topological polar surface area (TPSA) is 151 Å². The number of rotatable bonds is 8. The van der Waals surface area contributed by atoms with Crippen LogP contribution < -0.4 is 69.6 Å². The molecule has 0 N–H and O–H groups in total. The second kappa shape index (κ2) is 12.4. The monoisotopic (exact) mass is 490 g/mol. The molecule has 0 spiro atoms. The summed E-state index contributed by atoms with van der Waals surface area (Å²) in [5.41, 5.74) is 0. The van der Waals surface area contributed by atoms with E-state index in [2.05, 4.69) is 18.7 Å². The molecule has 0 saturated carbocycles. The van der Waals surface area contributed by atoms with E-state index in [-0.39, 0.29) is 71.2 Å². The van der Waals surface area contributed by atoms with Crippen molar-refractivity contribution in [1.29, 1.82) is 0 Å². The van der Waals surface area contributed by atoms with Crippen LogP contribution in [0, 0.1) is 11.6 Å². The molecule has 2 rings (SSSR count). The van der Waals surface area contributed by atoms with E-state index in [1.807, 2.05) is 0 Å². The molecule has 0 fully saturated rings. The molecular weight excluding hydrogens is 484 g/mol. The van der Waals surface area contributed by atoms with Crippen molar-refractivity contribution < 1.29 is 114 Å². The smallest absolute Gasteiger partial charge is 0.707 e. The van der Waals surface area contributed by atoms with E-state index in [0.717, 1.165) is 24.3 Å². The molecule has 17 heteroatoms. The van der Waals surface area contributed by atoms with Crippen LogP contribution in [0.5, 0.6) is 0 Å². The summed E-state index contributed by atoms with van der Waals surface area (Å²) >= 11 is 0.107. The van der Waals surface area contributed by atoms with Gasteiger partial charge in [-0.3, -0.25) is 5.04 Å². The van der Waals surface area contributed by atoms with Gasteiger partial charge in [0.25, 0.3) is 10.1 Å². The zero-order chi connectivity index (χ0) is 20.2. The molecule has 0 bridgehead atoms. The van der Waals surface area contributed by atoms with Gasteiger partial charge in [-0.15, -0.1) is 4.33 Å². The third-order valence-corrected chi connectivity index (χ3v) is 6.36. The van der Waals surface area contributed by atoms with E-state index >= 15 is 0 Å². The standard InChI is InChI=1S/C12H8F2O10S3.2Na/c13-9-3-1-7(5-11(9)25-24-23-21-15)26(17,18)8-2-4-10(14)12(6-8)27(19,20)22-16;;/h1-6,15-16H;;/q;2*+1/p-2. The summed E-state index contributed by atoms with van der Waals surface area (Å²) in [6, 6.07) is 3.94. The van der Waals surface area contributed by atoms with Crippen LogP contribution >= 0.6 is 12.0 Å². The second-order valence-corrected chi connectivity index (χ2v) is 8.67. The first kappa shape index (κ1) is 29.3. The Balaban J connectivity index is 0.00000392. The fourth-order valence-electron chi connectivity index (χ4n) is 1.79. The van der Waals surface area contributed by atoms with Crippen LogP contribution in [-0.2, 0) is 38.7 Å². The first-order valence-corrected chi connectivity index (χ1v) is 9.97. The van der Waals surface area contributed by atoms with Crippen LogP contribution in [0.1, 0.15) is 0 Å². The fraction of sp³-hybridized carbons (Fsp3) is 0. The summed E-state index contributed by atoms with van der Waals surface area (Å²) in [4.78, 5) is -3.00. The van der Waals surface area contributed by atoms with Gasteiger partial charge in [0.15, 0.2) is 0 Å². The molecule has 0 aromatic heterocycles. The number of benzene rings is 2. The number of hydrogen-bond donors (Lipinski definition) is 0. The first-order valence-electron chi connectivity index (χ1n) is 6.34. The van der Waals surface area contributed by atoms with E-state index in [9.17, 15) is 36.1 Å². The van der Waals surface area contributed by atoms with Crippen molar-refractivity contribution in [2.24, 2.45) is 0 Å². The summed E-state index contributed by atoms with van der Waals surface area (Å²) in [5.74, 6) is -2.36. The van der Waals surface area contributed by atoms with Crippen molar-refractivity contribution in [3.8, 4) is 0 Å². The van der Waals surface area contributed by atoms with Gasteiger partial charge in [0.05, 0.1) is 26.7 Å². The molecule has 0 aliphatic rings. The quantitative estimate of drug-likeness (QED) is 0.0868. The van der Waals surface area contributed by atoms with Crippen molar-refractivity contribution in [3.05, 3.63) is 48.0 Å². The molecule has 0 amide bonds. The van der Waals surface area contributed by atoms with Crippen LogP contribution in [-0.4, -0.2) is 16.8 Å². The molecule has 0 aliphatic heterocycles. The van der Waals surface area contributed by atoms with Crippen molar-refractivity contribution in [2.75, 3.05) is 0 Å². The minimum absolute atomic E-state index is 0. The Labute approximate surface area is 211 Å². The van der Waals surface area contributed by atoms with E-state index in [4.69, 9.17) is 0 Å². The zero-order valence-electron chi connectivity index (χ0n) is 14.5. The molecule has 2 aromatic carbocycles. The first-order chi connectivity index (χ1) is 12.6. The Morgan fingerprint density at radius 3 is 1.97 bits per heavy atom. The minimum Gasteiger partial charge on any atom is -0.707 e. The molecule has 0 unspecified atom stereocenters. The Kier molecular flexibility index (Phi) is 12.5. The largest absolute Gasteiger partial charge is 1.00 e. The molecule has 2 aromatic rings. The van der Waals surface area contributed by atoms with Gasteiger partial charge >= 0.3 is 59.1 Å². The Morgan fingerprint density at radius 2 is 1.41 bits per heavy atom. The van der Waals surface area contributed by atoms with Crippen molar-refractivity contribution >= 4 is 32.0 Å². The molecule has 10 nitrogen and oxygen atoms in total. The Bertz CT molecular complexity index is 1050. The summed E-state index contributed by atoms with van der Waals surface area (Å²) in [6.07, 6.45) is 0. The molecule has 0 radical (unpaired) electrons. The molecule has 29 heavy (non-hydrogen) atoms. The fourth-order valence-corrected chi connectivity index (χ4v) is 4.35. The van der Waals surface area contributed by atoms with E-state index < -0.39 is 51.2 Å². The van der Waals surface area contributed by atoms with Crippen molar-refractivity contribution in [1.82, 2.24) is 0 Å². The molecule has 0 aliphatic carbocycles. The maximum atomic E-state index is 13.7. The van der Waals surface area contributed by atoms with Gasteiger partial charge in [0.1, 0.15) is 16.5 Å². The van der Waals surface area contributed by atoms with E-state index in [1.165, 1.54) is 0 Å². The predicted molar refractivity (Wildman–Crippen MR) is 75.6 cm³/mol. The van der Waals surface area contributed by atoms with Crippen molar-refractivity contribution in [2.45, 2.75) is 19.6 Å². The van der Waals surface area contributed by atoms with Gasteiger partial charge in [-0.25, -0.2) is 17.2 Å². The van der Waals surface area contributed by atoms with Gasteiger partial charge < -0.3 is 14.8 Å². The number of halogens is 2. The normalized spacial score (nSPS) is 11.4. The average Bonchev–Trinajstić information content (AvgIpc) is 2.63. The van der Waals surface area contributed by atoms with Gasteiger partial charge in [0, 0.05) is 0 Å². The van der Waals surface area contributed by atoms with E-state index in [1.54, 1.807) is 0 Å². The molecule has 148 valence electrons. The van der Waals surface area contributed by atoms with Crippen LogP contribution in [0.15, 0.2) is 56.0 Å². The van der Waals surface area contributed by atoms with E-state index in [0.29, 0.717) is 12.1 Å². The molecule has 0 saturated heterocycles. The summed E-state index contributed by atoms with van der Waals surface area (Å²) in [7, 11) is -9.54. The summed E-state index contributed by atoms with van der Waals surface area (Å²) in [5, 5.41) is 26.2. The van der Waals surface area contributed by atoms with Gasteiger partial charge in [0.2, 0.25) is 9.84 Å². The maximum absolute atomic E-state index is 13.7. The average molecular weight is 490 g/mol. The second-order valence-electron chi connectivity index (χ2n) is 4.50. The SMILES string of the molecule is O=S(=O)(O[O-])c1cc(S(=O)(=O)c2ccc(F)c(SOOO[O-])c2)ccc1F.[Na+].[Na+]. The molecule has 0 heterocycles. The maximum Gasteiger partial charge on any atom is 1.00 e. The third kappa shape index (κ3) is 7.16. The zero-order valence-corrected chi connectivity index (χ0v) is 21.0. The minimum atomic E-state index is -5.06. The van der Waals surface area contributed by atoms with Crippen LogP contribution in [0.3, 0.4) is 0 Å². The summed E-state index contributed by atoms with van der Waals surface area (Å²) in [6.45, 7) is 0. The summed E-state index contributed by atoms with van der Waals surface area (Å²) < 4.78 is 82.3. The molecule has 0 atom stereocenters. The van der Waals surface area contributed by atoms with Gasteiger partial charge in [-0.1, -0.05) is 5.04 Å². The number of sulfone groups is 1. The Hall–Kier alpha value is 0.310. The van der Waals surface area contributed by atoms with Crippen LogP contribution in [0.25, 0.3) is 0 Å². The van der Waals surface area contributed by atoms with Crippen LogP contribution in [0.4, 0.5) is 8.78 Å². The van der Waals surface area contributed by atoms with Gasteiger partial charge in [-0.2, -0.15) is 8.42 Å². The van der Waals surface area contributed by atoms with Gasteiger partial charge in [-0.05, 0) is 36.4 Å². The third-order valence-electron chi connectivity index (χ3n) is 2.96. The Morgan fingerprint density at radius 1 is 0.862 bits per heavy atom. The van der Waals surface area contributed by atoms with Crippen LogP contribution in [0.2, 0.25) is 0 Å². The predicted octanol–water partition coefficient (Wildman–Crippen LogP) is -6.05. The molecular formula is C12H6F2Na2O10S3. The number of hydrogen-bond acceptors (Lipinski definition) is 11.